The summed E-state index contributed by atoms with van der Waals surface area (Å²) in [5.41, 5.74) is 1.12. The van der Waals surface area contributed by atoms with Crippen LogP contribution in [0.15, 0.2) is 35.7 Å². The van der Waals surface area contributed by atoms with E-state index in [-0.39, 0.29) is 0 Å². The first-order valence-electron chi connectivity index (χ1n) is 3.89. The molecule has 0 aliphatic rings. The standard InChI is InChI=1S/C10H11NS2/c1-3-8-6-4-5-7-9(8)13-10(12)11-2/h3-7H,1H2,2H3,(H,11,12). The second-order valence-electron chi connectivity index (χ2n) is 2.38. The van der Waals surface area contributed by atoms with Crippen molar-refractivity contribution in [1.29, 1.82) is 0 Å². The Kier molecular flexibility index (Phi) is 3.99. The molecule has 68 valence electrons. The van der Waals surface area contributed by atoms with Crippen LogP contribution >= 0.6 is 24.0 Å². The number of nitrogens with one attached hydrogen (secondary N) is 1. The van der Waals surface area contributed by atoms with E-state index in [1.165, 1.54) is 0 Å². The second kappa shape index (κ2) is 5.04. The number of hydrogen-bond acceptors (Lipinski definition) is 2. The molecule has 0 atom stereocenters. The highest BCUT2D eigenvalue weighted by Crippen LogP contribution is 2.23. The Labute approximate surface area is 88.2 Å². The summed E-state index contributed by atoms with van der Waals surface area (Å²) < 4.78 is 0.773. The summed E-state index contributed by atoms with van der Waals surface area (Å²) >= 11 is 6.61. The number of thioether (sulfide) groups is 1. The molecule has 0 spiro atoms. The van der Waals surface area contributed by atoms with E-state index < -0.39 is 0 Å². The van der Waals surface area contributed by atoms with Crippen LogP contribution in [0.3, 0.4) is 0 Å². The number of hydrogen-bond donors (Lipinski definition) is 1. The van der Waals surface area contributed by atoms with Crippen LogP contribution in [0.1, 0.15) is 5.56 Å². The molecular weight excluding hydrogens is 198 g/mol. The van der Waals surface area contributed by atoms with Crippen molar-refractivity contribution in [1.82, 2.24) is 5.32 Å². The third-order valence-corrected chi connectivity index (χ3v) is 2.98. The first-order valence-corrected chi connectivity index (χ1v) is 5.11. The van der Waals surface area contributed by atoms with Gasteiger partial charge in [-0.25, -0.2) is 0 Å². The van der Waals surface area contributed by atoms with Crippen LogP contribution < -0.4 is 5.32 Å². The molecule has 0 saturated heterocycles. The number of thiocarbonyl (C=S) groups is 1. The van der Waals surface area contributed by atoms with E-state index >= 15 is 0 Å². The van der Waals surface area contributed by atoms with Gasteiger partial charge in [-0.2, -0.15) is 0 Å². The van der Waals surface area contributed by atoms with Crippen molar-refractivity contribution >= 4 is 34.4 Å². The second-order valence-corrected chi connectivity index (χ2v) is 4.10. The van der Waals surface area contributed by atoms with Crippen molar-refractivity contribution in [3.63, 3.8) is 0 Å². The molecule has 0 aliphatic heterocycles. The van der Waals surface area contributed by atoms with E-state index in [1.807, 2.05) is 37.4 Å². The highest BCUT2D eigenvalue weighted by atomic mass is 32.2. The molecule has 0 bridgehead atoms. The van der Waals surface area contributed by atoms with Crippen LogP contribution in [0, 0.1) is 0 Å². The minimum atomic E-state index is 0.773. The van der Waals surface area contributed by atoms with Gasteiger partial charge >= 0.3 is 0 Å². The van der Waals surface area contributed by atoms with Gasteiger partial charge in [-0.3, -0.25) is 0 Å². The van der Waals surface area contributed by atoms with E-state index in [0.717, 1.165) is 14.8 Å². The predicted octanol–water partition coefficient (Wildman–Crippen LogP) is 2.93. The summed E-state index contributed by atoms with van der Waals surface area (Å²) in [6.45, 7) is 3.75. The summed E-state index contributed by atoms with van der Waals surface area (Å²) in [5, 5.41) is 2.92. The lowest BCUT2D eigenvalue weighted by Gasteiger charge is -2.05. The molecule has 0 unspecified atom stereocenters. The molecule has 0 fully saturated rings. The van der Waals surface area contributed by atoms with Crippen LogP contribution in [0.4, 0.5) is 0 Å². The molecule has 1 rings (SSSR count). The molecule has 0 amide bonds. The molecule has 13 heavy (non-hydrogen) atoms. The SMILES string of the molecule is C=Cc1ccccc1SC(=S)NC. The Hall–Kier alpha value is -0.800. The first kappa shape index (κ1) is 10.3. The van der Waals surface area contributed by atoms with Gasteiger partial charge in [-0.05, 0) is 11.6 Å². The van der Waals surface area contributed by atoms with Crippen LogP contribution in [0.5, 0.6) is 0 Å². The van der Waals surface area contributed by atoms with Gasteiger partial charge in [0.05, 0.1) is 0 Å². The third kappa shape index (κ3) is 2.86. The Balaban J connectivity index is 2.87. The largest absolute Gasteiger partial charge is 0.374 e. The first-order chi connectivity index (χ1) is 6.27. The molecule has 1 nitrogen and oxygen atoms in total. The molecule has 0 saturated carbocycles. The fourth-order valence-corrected chi connectivity index (χ4v) is 1.88. The quantitative estimate of drug-likeness (QED) is 0.594. The predicted molar refractivity (Wildman–Crippen MR) is 64.0 cm³/mol. The van der Waals surface area contributed by atoms with Gasteiger partial charge in [0.15, 0.2) is 0 Å². The van der Waals surface area contributed by atoms with E-state index in [0.29, 0.717) is 0 Å². The van der Waals surface area contributed by atoms with Crippen molar-refractivity contribution in [2.45, 2.75) is 4.90 Å². The average molecular weight is 209 g/mol. The molecule has 0 aliphatic carbocycles. The van der Waals surface area contributed by atoms with Crippen LogP contribution in [-0.4, -0.2) is 11.4 Å². The fraction of sp³-hybridized carbons (Fsp3) is 0.100. The van der Waals surface area contributed by atoms with Crippen molar-refractivity contribution in [2.75, 3.05) is 7.05 Å². The maximum absolute atomic E-state index is 5.06. The number of rotatable bonds is 2. The van der Waals surface area contributed by atoms with Crippen molar-refractivity contribution in [2.24, 2.45) is 0 Å². The van der Waals surface area contributed by atoms with E-state index in [9.17, 15) is 0 Å². The molecule has 1 aromatic carbocycles. The summed E-state index contributed by atoms with van der Waals surface area (Å²) in [4.78, 5) is 1.14. The molecule has 1 N–H and O–H groups in total. The zero-order valence-electron chi connectivity index (χ0n) is 7.41. The highest BCUT2D eigenvalue weighted by molar-refractivity contribution is 8.23. The van der Waals surface area contributed by atoms with Gasteiger partial charge in [0, 0.05) is 11.9 Å². The minimum absolute atomic E-state index is 0.773. The zero-order valence-corrected chi connectivity index (χ0v) is 9.04. The lowest BCUT2D eigenvalue weighted by atomic mass is 10.2. The molecule has 1 aromatic rings. The van der Waals surface area contributed by atoms with Gasteiger partial charge in [0.1, 0.15) is 4.32 Å². The van der Waals surface area contributed by atoms with Crippen LogP contribution in [-0.2, 0) is 0 Å². The molecule has 0 aromatic heterocycles. The normalized spacial score (nSPS) is 9.31. The van der Waals surface area contributed by atoms with Gasteiger partial charge in [-0.15, -0.1) is 0 Å². The number of benzene rings is 1. The van der Waals surface area contributed by atoms with Gasteiger partial charge in [0.25, 0.3) is 0 Å². The average Bonchev–Trinajstić information content (AvgIpc) is 2.18. The van der Waals surface area contributed by atoms with Gasteiger partial charge in [0.2, 0.25) is 0 Å². The molecule has 0 radical (unpaired) electrons. The molecule has 3 heteroatoms. The highest BCUT2D eigenvalue weighted by Gasteiger charge is 2.00. The fourth-order valence-electron chi connectivity index (χ4n) is 0.893. The summed E-state index contributed by atoms with van der Waals surface area (Å²) in [7, 11) is 1.83. The van der Waals surface area contributed by atoms with E-state index in [1.54, 1.807) is 11.8 Å². The summed E-state index contributed by atoms with van der Waals surface area (Å²) in [6, 6.07) is 8.04. The monoisotopic (exact) mass is 209 g/mol. The summed E-state index contributed by atoms with van der Waals surface area (Å²) in [6.07, 6.45) is 1.83. The maximum atomic E-state index is 5.06. The minimum Gasteiger partial charge on any atom is -0.374 e. The van der Waals surface area contributed by atoms with E-state index in [4.69, 9.17) is 12.2 Å². The molecular formula is C10H11NS2. The van der Waals surface area contributed by atoms with Crippen molar-refractivity contribution in [3.8, 4) is 0 Å². The van der Waals surface area contributed by atoms with Crippen LogP contribution in [0.25, 0.3) is 6.08 Å². The van der Waals surface area contributed by atoms with Gasteiger partial charge in [-0.1, -0.05) is 54.8 Å². The van der Waals surface area contributed by atoms with Gasteiger partial charge < -0.3 is 5.32 Å². The summed E-state index contributed by atoms with van der Waals surface area (Å²) in [5.74, 6) is 0. The Morgan fingerprint density at radius 1 is 1.54 bits per heavy atom. The van der Waals surface area contributed by atoms with Crippen LogP contribution in [0.2, 0.25) is 0 Å². The maximum Gasteiger partial charge on any atom is 0.138 e. The smallest absolute Gasteiger partial charge is 0.138 e. The Bertz CT molecular complexity index is 320. The zero-order chi connectivity index (χ0) is 9.68. The topological polar surface area (TPSA) is 12.0 Å². The Morgan fingerprint density at radius 2 is 2.23 bits per heavy atom. The third-order valence-electron chi connectivity index (χ3n) is 1.55. The Morgan fingerprint density at radius 3 is 2.85 bits per heavy atom. The molecule has 0 heterocycles. The van der Waals surface area contributed by atoms with Crippen molar-refractivity contribution < 1.29 is 0 Å². The lowest BCUT2D eigenvalue weighted by Crippen LogP contribution is -2.10. The van der Waals surface area contributed by atoms with E-state index in [2.05, 4.69) is 11.9 Å². The van der Waals surface area contributed by atoms with Crippen molar-refractivity contribution in [3.05, 3.63) is 36.4 Å². The lowest BCUT2D eigenvalue weighted by molar-refractivity contribution is 1.23.